The number of isocyanates is 2. The van der Waals surface area contributed by atoms with Crippen LogP contribution in [0.4, 0.5) is 4.79 Å². The van der Waals surface area contributed by atoms with Gasteiger partial charge in [-0.2, -0.15) is 0 Å². The number of carbonyl (C=O) groups is 4. The van der Waals surface area contributed by atoms with Crippen molar-refractivity contribution in [3.05, 3.63) is 38.0 Å². The Balaban J connectivity index is -0.000000272. The molecule has 0 saturated heterocycles. The summed E-state index contributed by atoms with van der Waals surface area (Å²) in [7, 11) is 0. The van der Waals surface area contributed by atoms with Crippen LogP contribution < -0.4 is 5.73 Å². The fourth-order valence-electron chi connectivity index (χ4n) is 2.31. The number of rotatable bonds is 11. The lowest BCUT2D eigenvalue weighted by Crippen LogP contribution is -2.42. The first-order valence-corrected chi connectivity index (χ1v) is 11.5. The molecule has 5 N–H and O–H groups in total. The second kappa shape index (κ2) is 31.6. The zero-order chi connectivity index (χ0) is 31.0. The normalized spacial score (nSPS) is 10.7. The first-order chi connectivity index (χ1) is 18.5. The molecule has 0 radical (unpaired) electrons. The number of primary amides is 1. The standard InChI is InChI=1S/C14H18O7.C6H12.C3H7NO2.2CHNO/c1-4-11(16)19-8-14(7-15,9-20-12(17)5-2)10-21-13(18)6-3;1-2-4-6-5-3-1;1-2-6-3(4)5;2*2-1-3/h4-6,15H,1-3,7-10H2;1-6H2;2H2,1H3,(H2,4,5);2*2H. The predicted molar refractivity (Wildman–Crippen MR) is 139 cm³/mol. The number of carbonyl (C=O) groups excluding carboxylic acids is 6. The van der Waals surface area contributed by atoms with E-state index in [4.69, 9.17) is 34.6 Å². The summed E-state index contributed by atoms with van der Waals surface area (Å²) >= 11 is 0. The number of aliphatic hydroxyl groups excluding tert-OH is 1. The molecule has 1 rings (SSSR count). The number of nitrogens with two attached hydrogens (primary N) is 1. The van der Waals surface area contributed by atoms with Gasteiger partial charge in [0.05, 0.1) is 18.6 Å². The van der Waals surface area contributed by atoms with Gasteiger partial charge in [0.1, 0.15) is 19.8 Å². The van der Waals surface area contributed by atoms with Crippen LogP contribution in [0.3, 0.4) is 0 Å². The van der Waals surface area contributed by atoms with E-state index in [9.17, 15) is 24.3 Å². The first kappa shape index (κ1) is 41.7. The molecule has 0 spiro atoms. The molecular formula is C25H39N3O11. The quantitative estimate of drug-likeness (QED) is 0.0946. The molecule has 1 aliphatic carbocycles. The Morgan fingerprint density at radius 2 is 1.03 bits per heavy atom. The molecule has 14 nitrogen and oxygen atoms in total. The minimum absolute atomic E-state index is 0.330. The third-order valence-electron chi connectivity index (χ3n) is 4.18. The average Bonchev–Trinajstić information content (AvgIpc) is 2.94. The van der Waals surface area contributed by atoms with Crippen LogP contribution in [0.1, 0.15) is 45.4 Å². The molecule has 39 heavy (non-hydrogen) atoms. The van der Waals surface area contributed by atoms with Crippen molar-refractivity contribution in [2.45, 2.75) is 45.4 Å². The summed E-state index contributed by atoms with van der Waals surface area (Å²) in [5.41, 5.74) is 3.26. The highest BCUT2D eigenvalue weighted by molar-refractivity contribution is 5.82. The second-order valence-corrected chi connectivity index (χ2v) is 7.17. The maximum Gasteiger partial charge on any atom is 0.404 e. The van der Waals surface area contributed by atoms with Crippen LogP contribution in [0.5, 0.6) is 0 Å². The zero-order valence-corrected chi connectivity index (χ0v) is 22.2. The summed E-state index contributed by atoms with van der Waals surface area (Å²) in [6.07, 6.45) is 12.6. The first-order valence-electron chi connectivity index (χ1n) is 11.5. The molecule has 0 unspecified atom stereocenters. The lowest BCUT2D eigenvalue weighted by molar-refractivity contribution is -0.159. The molecule has 0 heterocycles. The zero-order valence-electron chi connectivity index (χ0n) is 22.2. The summed E-state index contributed by atoms with van der Waals surface area (Å²) in [4.78, 5) is 59.6. The van der Waals surface area contributed by atoms with Crippen LogP contribution in [0, 0.1) is 16.2 Å². The molecule has 0 atom stereocenters. The highest BCUT2D eigenvalue weighted by Crippen LogP contribution is 2.19. The molecule has 1 fully saturated rings. The van der Waals surface area contributed by atoms with Crippen molar-refractivity contribution in [1.29, 1.82) is 10.8 Å². The number of hydrogen-bond donors (Lipinski definition) is 4. The summed E-state index contributed by atoms with van der Waals surface area (Å²) in [6.45, 7) is 10.2. The van der Waals surface area contributed by atoms with Crippen molar-refractivity contribution < 1.29 is 52.8 Å². The Kier molecular flexibility index (Phi) is 33.9. The van der Waals surface area contributed by atoms with Crippen molar-refractivity contribution in [2.75, 3.05) is 33.0 Å². The van der Waals surface area contributed by atoms with E-state index in [1.165, 1.54) is 38.5 Å². The van der Waals surface area contributed by atoms with E-state index in [-0.39, 0.29) is 19.8 Å². The number of amides is 1. The van der Waals surface area contributed by atoms with Crippen molar-refractivity contribution in [2.24, 2.45) is 11.1 Å². The predicted octanol–water partition coefficient (Wildman–Crippen LogP) is 2.40. The summed E-state index contributed by atoms with van der Waals surface area (Å²) in [5, 5.41) is 20.3. The van der Waals surface area contributed by atoms with Crippen molar-refractivity contribution >= 4 is 36.2 Å². The number of aliphatic hydroxyl groups is 1. The molecule has 14 heteroatoms. The molecule has 1 saturated carbocycles. The van der Waals surface area contributed by atoms with Gasteiger partial charge in [-0.3, -0.25) is 0 Å². The van der Waals surface area contributed by atoms with Crippen LogP contribution in [0.25, 0.3) is 0 Å². The fourth-order valence-corrected chi connectivity index (χ4v) is 2.31. The SMILES string of the molecule is C1CCCCC1.C=CC(=O)OCC(CO)(COC(=O)C=C)COC(=O)C=C.CCOC(N)=O.N=C=O.N=C=O. The molecule has 1 amide bonds. The topological polar surface area (TPSA) is 233 Å². The van der Waals surface area contributed by atoms with Crippen LogP contribution in [0.15, 0.2) is 38.0 Å². The molecule has 0 bridgehead atoms. The minimum atomic E-state index is -1.28. The van der Waals surface area contributed by atoms with Crippen LogP contribution in [0.2, 0.25) is 0 Å². The van der Waals surface area contributed by atoms with Gasteiger partial charge in [-0.25, -0.2) is 39.6 Å². The van der Waals surface area contributed by atoms with E-state index in [1.54, 1.807) is 6.92 Å². The van der Waals surface area contributed by atoms with E-state index in [1.807, 2.05) is 0 Å². The molecule has 0 aromatic heterocycles. The summed E-state index contributed by atoms with van der Waals surface area (Å²) < 4.78 is 18.7. The second-order valence-electron chi connectivity index (χ2n) is 7.17. The van der Waals surface area contributed by atoms with Crippen LogP contribution in [-0.2, 0) is 42.9 Å². The molecule has 1 aliphatic rings. The van der Waals surface area contributed by atoms with E-state index in [2.05, 4.69) is 30.2 Å². The summed E-state index contributed by atoms with van der Waals surface area (Å²) in [6, 6.07) is 0. The van der Waals surface area contributed by atoms with Gasteiger partial charge >= 0.3 is 24.0 Å². The van der Waals surface area contributed by atoms with Gasteiger partial charge in [-0.15, -0.1) is 0 Å². The minimum Gasteiger partial charge on any atom is -0.462 e. The molecule has 0 aromatic carbocycles. The monoisotopic (exact) mass is 557 g/mol. The number of hydrogen-bond acceptors (Lipinski definition) is 13. The Morgan fingerprint density at radius 3 is 1.15 bits per heavy atom. The van der Waals surface area contributed by atoms with Gasteiger partial charge in [0, 0.05) is 18.2 Å². The van der Waals surface area contributed by atoms with Crippen molar-refractivity contribution in [3.8, 4) is 0 Å². The number of esters is 3. The Hall–Kier alpha value is -4.38. The van der Waals surface area contributed by atoms with Gasteiger partial charge in [-0.05, 0) is 6.92 Å². The van der Waals surface area contributed by atoms with E-state index in [0.717, 1.165) is 30.4 Å². The highest BCUT2D eigenvalue weighted by atomic mass is 16.6. The van der Waals surface area contributed by atoms with E-state index in [0.29, 0.717) is 6.61 Å². The highest BCUT2D eigenvalue weighted by Gasteiger charge is 2.35. The molecular weight excluding hydrogens is 518 g/mol. The van der Waals surface area contributed by atoms with Gasteiger partial charge < -0.3 is 29.8 Å². The largest absolute Gasteiger partial charge is 0.462 e. The molecule has 0 aromatic rings. The third-order valence-corrected chi connectivity index (χ3v) is 4.18. The fraction of sp³-hybridized carbons (Fsp3) is 0.520. The molecule has 220 valence electrons. The third kappa shape index (κ3) is 33.6. The lowest BCUT2D eigenvalue weighted by atomic mass is 9.92. The van der Waals surface area contributed by atoms with Gasteiger partial charge in [-0.1, -0.05) is 58.3 Å². The Morgan fingerprint density at radius 1 is 0.769 bits per heavy atom. The summed E-state index contributed by atoms with van der Waals surface area (Å²) in [5.74, 6) is -2.17. The molecule has 0 aliphatic heterocycles. The van der Waals surface area contributed by atoms with E-state index >= 15 is 0 Å². The average molecular weight is 558 g/mol. The van der Waals surface area contributed by atoms with E-state index < -0.39 is 36.0 Å². The lowest BCUT2D eigenvalue weighted by Gasteiger charge is -2.29. The Bertz CT molecular complexity index is 714. The van der Waals surface area contributed by atoms with Gasteiger partial charge in [0.25, 0.3) is 0 Å². The maximum atomic E-state index is 11.1. The van der Waals surface area contributed by atoms with Crippen molar-refractivity contribution in [3.63, 3.8) is 0 Å². The maximum absolute atomic E-state index is 11.1. The van der Waals surface area contributed by atoms with Gasteiger partial charge in [0.2, 0.25) is 12.2 Å². The van der Waals surface area contributed by atoms with Gasteiger partial charge in [0.15, 0.2) is 0 Å². The van der Waals surface area contributed by atoms with Crippen LogP contribution in [-0.4, -0.2) is 74.3 Å². The smallest absolute Gasteiger partial charge is 0.404 e. The van der Waals surface area contributed by atoms with Crippen molar-refractivity contribution in [1.82, 2.24) is 0 Å². The number of nitrogens with one attached hydrogen (secondary N) is 2. The number of ether oxygens (including phenoxy) is 4. The van der Waals surface area contributed by atoms with Crippen LogP contribution >= 0.6 is 0 Å². The Labute approximate surface area is 227 Å².